The first-order chi connectivity index (χ1) is 53.1. The van der Waals surface area contributed by atoms with Crippen LogP contribution in [-0.2, 0) is 0 Å². The van der Waals surface area contributed by atoms with E-state index in [2.05, 4.69) is 188 Å². The van der Waals surface area contributed by atoms with E-state index in [-0.39, 0.29) is 18.5 Å². The molecule has 0 aliphatic carbocycles. The van der Waals surface area contributed by atoms with E-state index >= 15 is 0 Å². The van der Waals surface area contributed by atoms with Crippen molar-refractivity contribution >= 4 is 145 Å². The zero-order valence-corrected chi connectivity index (χ0v) is 63.6. The van der Waals surface area contributed by atoms with E-state index in [4.69, 9.17) is 25.9 Å². The Morgan fingerprint density at radius 3 is 0.934 bits per heavy atom. The molecule has 0 spiro atoms. The Bertz CT molecular complexity index is 5810. The molecule has 0 radical (unpaired) electrons. The lowest BCUT2D eigenvalue weighted by Crippen LogP contribution is -2.42. The average Bonchev–Trinajstić information content (AvgIpc) is 1.60. The molecule has 0 saturated carbocycles. The van der Waals surface area contributed by atoms with Crippen LogP contribution in [0.25, 0.3) is 88.3 Å². The van der Waals surface area contributed by atoms with Gasteiger partial charge >= 0.3 is 0 Å². The quantitative estimate of drug-likeness (QED) is 0.150. The zero-order chi connectivity index (χ0) is 79.4. The van der Waals surface area contributed by atoms with Gasteiger partial charge in [0.15, 0.2) is 22.3 Å². The van der Waals surface area contributed by atoms with Gasteiger partial charge in [-0.25, -0.2) is 19.9 Å². The monoisotopic (exact) mass is 1410 g/mol. The summed E-state index contributed by atoms with van der Waals surface area (Å²) in [5.41, 5.74) is 24.0. The smallest absolute Gasteiger partial charge is 0.227 e. The minimum Gasteiger partial charge on any atom is -0.435 e. The first-order valence-electron chi connectivity index (χ1n) is 39.5. The van der Waals surface area contributed by atoms with E-state index in [0.29, 0.717) is 28.5 Å². The van der Waals surface area contributed by atoms with Crippen molar-refractivity contribution in [2.24, 2.45) is 0 Å². The van der Waals surface area contributed by atoms with Crippen molar-refractivity contribution in [3.8, 4) is 0 Å². The van der Waals surface area contributed by atoms with Crippen molar-refractivity contribution in [1.82, 2.24) is 24.8 Å². The number of pyridine rings is 4. The third-order valence-corrected chi connectivity index (χ3v) is 21.4. The van der Waals surface area contributed by atoms with Crippen molar-refractivity contribution in [2.45, 2.75) is 167 Å². The number of furan rings is 4. The molecule has 4 aliphatic heterocycles. The largest absolute Gasteiger partial charge is 0.435 e. The van der Waals surface area contributed by atoms with Crippen LogP contribution in [0.3, 0.4) is 0 Å². The Morgan fingerprint density at radius 1 is 0.321 bits per heavy atom. The summed E-state index contributed by atoms with van der Waals surface area (Å²) in [4.78, 5) is 35.0. The van der Waals surface area contributed by atoms with Crippen molar-refractivity contribution in [3.05, 3.63) is 227 Å². The SMILES string of the molecule is [2H]C(C)(C)N1C=CN(c2c(C)ccc3c2oc2nc(C)ccc23)C1C.[2H]C(C)(C)N1c2ccccc2N(c2c(C)ccc3c2oc2nc(C)ccc23)C1C.[2H]C(C)(C)N1c2ccccc2N(c2c(C)ccc3c2oc2nc(C)ccc23)C1C.[2H]C([2H])([2H])N1c2ccccc2N(c2c(C)ccc3c2oc2nc(C)ccc23)C1C. The number of hydrogen-bond acceptors (Lipinski definition) is 16. The first kappa shape index (κ1) is 61.9. The highest BCUT2D eigenvalue weighted by molar-refractivity contribution is 6.13. The second-order valence-electron chi connectivity index (χ2n) is 29.2. The second-order valence-corrected chi connectivity index (χ2v) is 29.2. The molecule has 15 aromatic rings. The van der Waals surface area contributed by atoms with Crippen LogP contribution in [0, 0.1) is 55.4 Å². The highest BCUT2D eigenvalue weighted by Gasteiger charge is 2.40. The van der Waals surface area contributed by atoms with Crippen LogP contribution < -0.4 is 34.3 Å². The summed E-state index contributed by atoms with van der Waals surface area (Å²) in [6.07, 6.45) is 3.63. The van der Waals surface area contributed by atoms with Gasteiger partial charge in [0.05, 0.1) is 61.0 Å². The third-order valence-electron chi connectivity index (χ3n) is 21.4. The molecule has 8 aromatic heterocycles. The molecule has 7 aromatic carbocycles. The summed E-state index contributed by atoms with van der Waals surface area (Å²) in [6, 6.07) is 55.2. The zero-order valence-electron chi connectivity index (χ0n) is 69.6. The lowest BCUT2D eigenvalue weighted by atomic mass is 10.1. The molecule has 12 heterocycles. The van der Waals surface area contributed by atoms with Crippen molar-refractivity contribution < 1.29 is 25.9 Å². The number of rotatable bonds is 7. The summed E-state index contributed by atoms with van der Waals surface area (Å²) in [5, 5.41) is 8.25. The second kappa shape index (κ2) is 26.6. The molecular formula is C90H94N12O4. The molecule has 0 saturated heterocycles. The van der Waals surface area contributed by atoms with E-state index in [9.17, 15) is 0 Å². The third kappa shape index (κ3) is 11.2. The fourth-order valence-corrected chi connectivity index (χ4v) is 16.4. The maximum absolute atomic E-state index is 8.74. The number of aryl methyl sites for hydroxylation is 8. The van der Waals surface area contributed by atoms with E-state index in [0.717, 1.165) is 162 Å². The van der Waals surface area contributed by atoms with E-state index in [1.165, 1.54) is 4.90 Å². The van der Waals surface area contributed by atoms with Crippen LogP contribution in [0.1, 0.15) is 122 Å². The van der Waals surface area contributed by atoms with Crippen LogP contribution in [0.2, 0.25) is 0 Å². The molecule has 106 heavy (non-hydrogen) atoms. The van der Waals surface area contributed by atoms with Gasteiger partial charge < -0.3 is 56.9 Å². The molecule has 16 heteroatoms. The maximum atomic E-state index is 8.74. The number of anilines is 10. The van der Waals surface area contributed by atoms with Crippen LogP contribution in [-0.4, -0.2) is 74.5 Å². The fourth-order valence-electron chi connectivity index (χ4n) is 16.4. The van der Waals surface area contributed by atoms with Gasteiger partial charge in [0, 0.05) is 107 Å². The molecule has 0 amide bonds. The Hall–Kier alpha value is -11.5. The van der Waals surface area contributed by atoms with Crippen LogP contribution in [0.15, 0.2) is 200 Å². The molecular weight excluding hydrogens is 1310 g/mol. The van der Waals surface area contributed by atoms with Gasteiger partial charge in [-0.15, -0.1) is 0 Å². The molecule has 0 N–H and O–H groups in total. The van der Waals surface area contributed by atoms with Crippen molar-refractivity contribution in [2.75, 3.05) is 41.3 Å². The van der Waals surface area contributed by atoms with Gasteiger partial charge in [-0.1, -0.05) is 84.9 Å². The molecule has 4 atom stereocenters. The summed E-state index contributed by atoms with van der Waals surface area (Å²) in [7, 11) is 0. The average molecular weight is 1410 g/mol. The number of aromatic nitrogens is 4. The molecule has 0 fully saturated rings. The van der Waals surface area contributed by atoms with Gasteiger partial charge in [0.1, 0.15) is 24.7 Å². The lowest BCUT2D eigenvalue weighted by molar-refractivity contribution is 0.263. The molecule has 16 nitrogen and oxygen atoms in total. The molecule has 19 rings (SSSR count). The van der Waals surface area contributed by atoms with Crippen LogP contribution in [0.4, 0.5) is 56.9 Å². The Labute approximate surface area is 628 Å². The summed E-state index contributed by atoms with van der Waals surface area (Å²) in [5.74, 6) is 0. The Balaban J connectivity index is 0.000000113. The number of nitrogens with zero attached hydrogens (tertiary/aromatic N) is 12. The van der Waals surface area contributed by atoms with E-state index in [1.807, 2.05) is 173 Å². The Kier molecular flexibility index (Phi) is 15.5. The van der Waals surface area contributed by atoms with Gasteiger partial charge in [0.25, 0.3) is 0 Å². The van der Waals surface area contributed by atoms with Gasteiger partial charge in [0.2, 0.25) is 22.9 Å². The predicted molar refractivity (Wildman–Crippen MR) is 440 cm³/mol. The number of benzene rings is 7. The van der Waals surface area contributed by atoms with E-state index < -0.39 is 31.2 Å². The van der Waals surface area contributed by atoms with Crippen LogP contribution >= 0.6 is 0 Å². The van der Waals surface area contributed by atoms with E-state index in [1.54, 1.807) is 0 Å². The topological polar surface area (TPSA) is 130 Å². The van der Waals surface area contributed by atoms with Gasteiger partial charge in [-0.3, -0.25) is 0 Å². The fraction of sp³-hybridized carbons (Fsp3) is 0.289. The number of fused-ring (bicyclic) bond motifs is 15. The van der Waals surface area contributed by atoms with Gasteiger partial charge in [-0.2, -0.15) is 0 Å². The van der Waals surface area contributed by atoms with Gasteiger partial charge in [-0.05, 0) is 232 Å². The number of para-hydroxylation sites is 6. The number of hydrogen-bond donors (Lipinski definition) is 0. The van der Waals surface area contributed by atoms with Crippen molar-refractivity contribution in [3.63, 3.8) is 0 Å². The maximum Gasteiger partial charge on any atom is 0.227 e. The van der Waals surface area contributed by atoms with Crippen LogP contribution in [0.5, 0.6) is 0 Å². The van der Waals surface area contributed by atoms with Crippen molar-refractivity contribution in [1.29, 1.82) is 0 Å². The standard InChI is InChI=1S/2C24H25N3O.C22H21N3O.C20H23N3O/c2*1-14(2)26-17(5)27(21-9-7-6-8-20(21)26)22-15(3)10-12-18-19-13-11-16(4)25-24(19)28-23(18)22;1-13-9-11-16-17-12-10-14(2)23-22(17)26-21(16)20(13)25-15(3)24(4)18-7-5-6-8-19(18)25;1-12(2)22-10-11-23(15(22)5)18-13(3)6-8-16-17-9-7-14(4)21-20(17)24-19(16)18/h2*6-14,17H,1-5H3;5-12,15H,1-4H3;6-12,15H,1-5H3/i2*14D;4D3;12D. The minimum atomic E-state index is -2.25. The minimum absolute atomic E-state index is 0.0212. The summed E-state index contributed by atoms with van der Waals surface area (Å²) in [6.45, 7) is 33.8. The first-order valence-corrected chi connectivity index (χ1v) is 36.5. The molecule has 538 valence electrons. The summed E-state index contributed by atoms with van der Waals surface area (Å²) >= 11 is 0. The lowest BCUT2D eigenvalue weighted by Gasteiger charge is -2.33. The Morgan fingerprint density at radius 2 is 0.613 bits per heavy atom. The molecule has 0 bridgehead atoms. The predicted octanol–water partition coefficient (Wildman–Crippen LogP) is 23.1. The molecule has 4 aliphatic rings. The molecule has 4 unspecified atom stereocenters. The highest BCUT2D eigenvalue weighted by atomic mass is 16.4. The highest BCUT2D eigenvalue weighted by Crippen LogP contribution is 2.53. The summed E-state index contributed by atoms with van der Waals surface area (Å²) < 4.78 is 75.1. The normalized spacial score (nSPS) is 18.1.